The first-order chi connectivity index (χ1) is 37.0. The molecule has 4 N–H and O–H groups in total. The van der Waals surface area contributed by atoms with Crippen LogP contribution in [0, 0.1) is 5.92 Å². The van der Waals surface area contributed by atoms with Crippen molar-refractivity contribution < 1.29 is 24.2 Å². The Morgan fingerprint density at radius 1 is 0.453 bits per heavy atom. The Labute approximate surface area is 455 Å². The van der Waals surface area contributed by atoms with Crippen LogP contribution in [0.3, 0.4) is 0 Å². The van der Waals surface area contributed by atoms with Crippen LogP contribution in [-0.2, 0) is 14.4 Å². The molecule has 1 aromatic carbocycles. The molecular formula is C67H97N3O5. The van der Waals surface area contributed by atoms with Gasteiger partial charge in [0.1, 0.15) is 11.8 Å². The number of carbonyl (C=O) groups excluding carboxylic acids is 3. The molecule has 3 amide bonds. The number of rotatable bonds is 44. The lowest BCUT2D eigenvalue weighted by Crippen LogP contribution is -2.47. The largest absolute Gasteiger partial charge is 0.493 e. The van der Waals surface area contributed by atoms with E-state index in [1.165, 1.54) is 0 Å². The van der Waals surface area contributed by atoms with Crippen LogP contribution in [0.4, 0.5) is 0 Å². The normalized spacial score (nSPS) is 13.3. The molecule has 0 radical (unpaired) electrons. The molecule has 410 valence electrons. The van der Waals surface area contributed by atoms with Gasteiger partial charge < -0.3 is 25.8 Å². The second-order valence-electron chi connectivity index (χ2n) is 18.1. The highest BCUT2D eigenvalue weighted by Gasteiger charge is 2.20. The summed E-state index contributed by atoms with van der Waals surface area (Å²) in [6, 6.07) is 16.7. The number of hydrogen-bond donors (Lipinski definition) is 4. The summed E-state index contributed by atoms with van der Waals surface area (Å²) in [5, 5.41) is 19.1. The molecular weight excluding hydrogens is 927 g/mol. The maximum atomic E-state index is 13.4. The van der Waals surface area contributed by atoms with Gasteiger partial charge in [-0.3, -0.25) is 14.4 Å². The number of hydrogen-bond acceptors (Lipinski definition) is 5. The van der Waals surface area contributed by atoms with Gasteiger partial charge in [0.15, 0.2) is 0 Å². The first kappa shape index (κ1) is 66.8. The van der Waals surface area contributed by atoms with Gasteiger partial charge >= 0.3 is 0 Å². The second-order valence-corrected chi connectivity index (χ2v) is 18.1. The van der Waals surface area contributed by atoms with E-state index in [1.54, 1.807) is 0 Å². The molecule has 0 aliphatic rings. The number of amides is 3. The van der Waals surface area contributed by atoms with E-state index < -0.39 is 6.04 Å². The highest BCUT2D eigenvalue weighted by Crippen LogP contribution is 2.13. The lowest BCUT2D eigenvalue weighted by molar-refractivity contribution is -0.129. The molecule has 1 unspecified atom stereocenters. The summed E-state index contributed by atoms with van der Waals surface area (Å²) in [5.41, 5.74) is 0. The maximum absolute atomic E-state index is 13.4. The Kier molecular flexibility index (Phi) is 48.1. The Hall–Kier alpha value is -6.25. The number of unbranched alkanes of at least 4 members (excludes halogenated alkanes) is 2. The summed E-state index contributed by atoms with van der Waals surface area (Å²) in [5.74, 6) is 0.336. The summed E-state index contributed by atoms with van der Waals surface area (Å²) in [4.78, 5) is 39.0. The molecule has 8 heteroatoms. The number of ether oxygens (including phenoxy) is 1. The molecule has 2 atom stereocenters. The summed E-state index contributed by atoms with van der Waals surface area (Å²) in [6.45, 7) is 5.68. The number of aliphatic hydroxyl groups excluding tert-OH is 1. The first-order valence-corrected chi connectivity index (χ1v) is 28.3. The highest BCUT2D eigenvalue weighted by atomic mass is 16.5. The van der Waals surface area contributed by atoms with Gasteiger partial charge in [-0.15, -0.1) is 0 Å². The van der Waals surface area contributed by atoms with Crippen molar-refractivity contribution in [2.75, 3.05) is 26.3 Å². The zero-order valence-electron chi connectivity index (χ0n) is 46.2. The van der Waals surface area contributed by atoms with E-state index in [1.807, 2.05) is 60.7 Å². The Morgan fingerprint density at radius 2 is 0.813 bits per heavy atom. The van der Waals surface area contributed by atoms with Crippen LogP contribution in [0.2, 0.25) is 0 Å². The van der Waals surface area contributed by atoms with E-state index >= 15 is 0 Å². The van der Waals surface area contributed by atoms with Gasteiger partial charge in [0.05, 0.1) is 6.61 Å². The lowest BCUT2D eigenvalue weighted by atomic mass is 10.0. The topological polar surface area (TPSA) is 117 Å². The number of nitrogens with one attached hydrogen (secondary N) is 3. The average molecular weight is 1020 g/mol. The maximum Gasteiger partial charge on any atom is 0.242 e. The molecule has 0 aliphatic carbocycles. The summed E-state index contributed by atoms with van der Waals surface area (Å²) in [7, 11) is 0. The van der Waals surface area contributed by atoms with Gasteiger partial charge in [-0.05, 0) is 134 Å². The minimum Gasteiger partial charge on any atom is -0.493 e. The Balaban J connectivity index is 2.51. The number of carbonyl (C=O) groups is 3. The standard InChI is InChI=1S/C67H97N3O5/c1-3-5-7-9-11-13-15-17-19-21-23-25-27-29-31-33-38-42-46-56-65(72)68-58-51-49-55-64(67(74)69-59-50-48-52-62(60-71)61-75-63-53-44-40-36-35-37-41-45-54-63)70-66(73)57-47-43-39-34-32-30-28-26-24-22-20-18-16-14-12-10-8-6-4-2/h5-8,11-14,17-20,23-26,29-32,35-45,53-54,62,64,71H,3-4,9-10,15-16,21-22,27-28,33-34,46-52,55-61H2,1-2H3,(H,68,72)(H,69,74)(H,70,73)/b7-5-,8-6-,13-11-,14-12-,19-17-,20-18-,25-23-,26-24-,31-29-,32-30-,36-35?,37-35?,40-36?,41-37?,42-38-,43-39-,44-40?,45-41?,53-44?,54-45?,63-53?,63-54?/t62?,64-/m0/s1. The lowest BCUT2D eigenvalue weighted by Gasteiger charge is -2.19. The zero-order valence-corrected chi connectivity index (χ0v) is 46.2. The molecule has 1 aromatic rings. The van der Waals surface area contributed by atoms with Crippen molar-refractivity contribution in [3.05, 3.63) is 200 Å². The molecule has 0 spiro atoms. The molecule has 0 heterocycles. The minimum atomic E-state index is -0.664. The Bertz CT molecular complexity index is 1990. The van der Waals surface area contributed by atoms with Crippen LogP contribution in [0.5, 0.6) is 5.75 Å². The predicted molar refractivity (Wildman–Crippen MR) is 321 cm³/mol. The SMILES string of the molecule is CC/C=C\C/C=C\C/C=C\C/C=C\C/C=C\C/C=C\CCC(=O)NCCCC[C@H](NC(=O)CC/C=C\C/C=C\C/C=C\C/C=C\C/C=C\C/C=C\CC)C(=O)NCCCCC(CO)COc1ccccccccc1. The molecule has 0 bridgehead atoms. The van der Waals surface area contributed by atoms with Crippen molar-refractivity contribution in [3.63, 3.8) is 0 Å². The third-order valence-corrected chi connectivity index (χ3v) is 11.4. The highest BCUT2D eigenvalue weighted by molar-refractivity contribution is 5.87. The number of allylic oxidation sites excluding steroid dienone is 24. The predicted octanol–water partition coefficient (Wildman–Crippen LogP) is 15.8. The van der Waals surface area contributed by atoms with Crippen LogP contribution < -0.4 is 20.7 Å². The average Bonchev–Trinajstić information content (AvgIpc) is 3.41. The van der Waals surface area contributed by atoms with E-state index in [2.05, 4.69) is 170 Å². The van der Waals surface area contributed by atoms with Crippen LogP contribution in [0.15, 0.2) is 200 Å². The minimum absolute atomic E-state index is 0.00770. The number of aliphatic hydroxyl groups is 1. The molecule has 0 aliphatic heterocycles. The summed E-state index contributed by atoms with van der Waals surface area (Å²) >= 11 is 0. The summed E-state index contributed by atoms with van der Waals surface area (Å²) < 4.78 is 6.00. The fourth-order valence-corrected chi connectivity index (χ4v) is 7.14. The van der Waals surface area contributed by atoms with Crippen molar-refractivity contribution in [3.8, 4) is 5.75 Å². The van der Waals surface area contributed by atoms with Gasteiger partial charge in [-0.1, -0.05) is 209 Å². The zero-order chi connectivity index (χ0) is 54.0. The van der Waals surface area contributed by atoms with E-state index in [-0.39, 0.29) is 30.2 Å². The van der Waals surface area contributed by atoms with Gasteiger partial charge in [-0.25, -0.2) is 0 Å². The van der Waals surface area contributed by atoms with Gasteiger partial charge in [0.2, 0.25) is 17.7 Å². The van der Waals surface area contributed by atoms with Crippen molar-refractivity contribution in [2.24, 2.45) is 5.92 Å². The fraction of sp³-hybridized carbons (Fsp3) is 0.448. The van der Waals surface area contributed by atoms with Crippen LogP contribution in [-0.4, -0.2) is 55.2 Å². The molecule has 0 aromatic heterocycles. The van der Waals surface area contributed by atoms with Gasteiger partial charge in [0.25, 0.3) is 0 Å². The van der Waals surface area contributed by atoms with E-state index in [9.17, 15) is 19.5 Å². The van der Waals surface area contributed by atoms with Gasteiger partial charge in [-0.2, -0.15) is 0 Å². The quantitative estimate of drug-likeness (QED) is 0.0384. The molecule has 1 rings (SSSR count). The van der Waals surface area contributed by atoms with Gasteiger partial charge in [0, 0.05) is 38.5 Å². The third kappa shape index (κ3) is 47.2. The third-order valence-electron chi connectivity index (χ3n) is 11.4. The van der Waals surface area contributed by atoms with Crippen molar-refractivity contribution >= 4 is 17.7 Å². The van der Waals surface area contributed by atoms with Crippen molar-refractivity contribution in [1.29, 1.82) is 0 Å². The molecule has 0 fully saturated rings. The summed E-state index contributed by atoms with van der Waals surface area (Å²) in [6.07, 6.45) is 69.5. The fourth-order valence-electron chi connectivity index (χ4n) is 7.14. The van der Waals surface area contributed by atoms with E-state index in [4.69, 9.17) is 4.74 Å². The molecule has 8 nitrogen and oxygen atoms in total. The molecule has 75 heavy (non-hydrogen) atoms. The van der Waals surface area contributed by atoms with Crippen LogP contribution in [0.25, 0.3) is 0 Å². The monoisotopic (exact) mass is 1020 g/mol. The van der Waals surface area contributed by atoms with Crippen LogP contribution in [0.1, 0.15) is 155 Å². The van der Waals surface area contributed by atoms with Crippen LogP contribution >= 0.6 is 0 Å². The first-order valence-electron chi connectivity index (χ1n) is 28.3. The van der Waals surface area contributed by atoms with Crippen molar-refractivity contribution in [2.45, 2.75) is 161 Å². The van der Waals surface area contributed by atoms with Crippen molar-refractivity contribution in [1.82, 2.24) is 16.0 Å². The second kappa shape index (κ2) is 54.0. The molecule has 0 saturated carbocycles. The smallest absolute Gasteiger partial charge is 0.242 e. The van der Waals surface area contributed by atoms with E-state index in [0.717, 1.165) is 102 Å². The Morgan fingerprint density at radius 3 is 1.23 bits per heavy atom. The van der Waals surface area contributed by atoms with E-state index in [0.29, 0.717) is 64.6 Å². The molecule has 0 saturated heterocycles.